The topological polar surface area (TPSA) is 397 Å². The molecule has 0 aromatic carbocycles. The summed E-state index contributed by atoms with van der Waals surface area (Å²) in [5.74, 6) is -5.65. The van der Waals surface area contributed by atoms with E-state index in [1.165, 1.54) is 105 Å². The first-order valence-corrected chi connectivity index (χ1v) is 30.8. The van der Waals surface area contributed by atoms with Crippen molar-refractivity contribution >= 4 is 65.0 Å². The minimum absolute atomic E-state index is 0.0327. The number of nitrogens with zero attached hydrogens (tertiary/aromatic N) is 13. The molecule has 0 fully saturated rings. The molecule has 0 unspecified atom stereocenters. The van der Waals surface area contributed by atoms with Crippen molar-refractivity contribution in [2.24, 2.45) is 0 Å². The van der Waals surface area contributed by atoms with Crippen LogP contribution >= 0.6 is 35.3 Å². The number of hydrogen-bond acceptors (Lipinski definition) is 27. The van der Waals surface area contributed by atoms with Crippen molar-refractivity contribution in [1.82, 2.24) is 62.7 Å². The van der Waals surface area contributed by atoms with E-state index in [9.17, 15) is 61.9 Å². The minimum atomic E-state index is -3.50. The van der Waals surface area contributed by atoms with Crippen molar-refractivity contribution in [3.63, 3.8) is 0 Å². The lowest BCUT2D eigenvalue weighted by Gasteiger charge is -2.16. The second kappa shape index (κ2) is 40.3. The molecule has 0 aliphatic heterocycles. The number of ether oxygens (including phenoxy) is 4. The summed E-state index contributed by atoms with van der Waals surface area (Å²) < 4.78 is 53.7. The Kier molecular flexibility index (Phi) is 31.9. The van der Waals surface area contributed by atoms with Crippen molar-refractivity contribution in [3.05, 3.63) is 233 Å². The van der Waals surface area contributed by atoms with Crippen molar-refractivity contribution in [1.29, 1.82) is 0 Å². The largest absolute Gasteiger partial charge is 0.618 e. The van der Waals surface area contributed by atoms with Gasteiger partial charge in [-0.2, -0.15) is 13.5 Å². The zero-order valence-electron chi connectivity index (χ0n) is 51.7. The highest BCUT2D eigenvalue weighted by atomic mass is 32.2. The van der Waals surface area contributed by atoms with Gasteiger partial charge < -0.3 is 57.8 Å². The number of halogens is 2. The summed E-state index contributed by atoms with van der Waals surface area (Å²) in [6.45, 7) is 5.84. The standard InChI is InChI=1S/C15H16F2N4O4.2C13H13N3O3S.C11H11N3O2S.C8H10N2O4/c1-11(22)25-9-8-20-7-5-18-13(14(20)23)19-10-15(16,17)12-4-2-3-6-21(12)24;1-10(17)19-9-8-16-7-6-15-12(13(16)18)20-11-4-2-3-5-14-11;1-2-19-11(17)9-16-8-7-15-12(13(16)18)20-10-5-3-4-6-14-10;15-8-7-14-6-5-13-10(11(14)16)17-9-3-1-2-4-12-9;1-2-14-6(11)5-10-4-3-9-7(12)8(10)13/h2-7H,8-10H2,1H3,(H,18,19);2-7H,8-9H2,1H3;3-8H,2,9H2,1H3;1-6,15H,7-8H2;3-4H,2,5H2,1H3,(H,9,12). The third-order valence-electron chi connectivity index (χ3n) is 11.5. The van der Waals surface area contributed by atoms with Crippen LogP contribution in [0.15, 0.2) is 218 Å². The highest BCUT2D eigenvalue weighted by molar-refractivity contribution is 7.99. The molecule has 9 rings (SSSR count). The first-order valence-electron chi connectivity index (χ1n) is 28.4. The maximum absolute atomic E-state index is 14.1. The van der Waals surface area contributed by atoms with E-state index in [2.05, 4.69) is 49.9 Å². The van der Waals surface area contributed by atoms with Gasteiger partial charge in [-0.3, -0.25) is 52.5 Å². The van der Waals surface area contributed by atoms with Crippen LogP contribution in [0.3, 0.4) is 0 Å². The number of carbonyl (C=O) groups excluding carboxylic acids is 4. The van der Waals surface area contributed by atoms with Crippen LogP contribution in [0.2, 0.25) is 0 Å². The van der Waals surface area contributed by atoms with Crippen LogP contribution in [0.25, 0.3) is 0 Å². The van der Waals surface area contributed by atoms with Gasteiger partial charge in [0.05, 0.1) is 39.5 Å². The number of pyridine rings is 4. The Balaban J connectivity index is 0.000000220. The van der Waals surface area contributed by atoms with Crippen LogP contribution < -0.4 is 43.4 Å². The number of carbonyl (C=O) groups is 4. The van der Waals surface area contributed by atoms with Gasteiger partial charge in [0, 0.05) is 113 Å². The van der Waals surface area contributed by atoms with Crippen LogP contribution in [0.4, 0.5) is 14.6 Å². The fraction of sp³-hybridized carbons (Fsp3) is 0.267. The second-order valence-corrected chi connectivity index (χ2v) is 21.4. The molecule has 506 valence electrons. The maximum Gasteiger partial charge on any atom is 0.347 e. The fourth-order valence-corrected chi connectivity index (χ4v) is 9.52. The number of aromatic amines is 1. The van der Waals surface area contributed by atoms with Gasteiger partial charge in [0.1, 0.15) is 41.4 Å². The molecular weight excluding hydrogens is 1320 g/mol. The van der Waals surface area contributed by atoms with E-state index < -0.39 is 52.7 Å². The van der Waals surface area contributed by atoms with E-state index in [0.29, 0.717) is 26.6 Å². The van der Waals surface area contributed by atoms with Gasteiger partial charge >= 0.3 is 40.9 Å². The normalized spacial score (nSPS) is 10.4. The van der Waals surface area contributed by atoms with Gasteiger partial charge in [0.15, 0.2) is 27.1 Å². The first-order chi connectivity index (χ1) is 46.1. The molecule has 96 heavy (non-hydrogen) atoms. The number of aliphatic hydroxyl groups excluding tert-OH is 1. The number of anilines is 1. The number of H-pyrrole nitrogens is 1. The molecule has 0 amide bonds. The third-order valence-corrected chi connectivity index (χ3v) is 14.3. The molecule has 0 saturated carbocycles. The quantitative estimate of drug-likeness (QED) is 0.0257. The lowest BCUT2D eigenvalue weighted by Crippen LogP contribution is -2.41. The number of aliphatic hydroxyl groups is 1. The number of rotatable bonds is 24. The van der Waals surface area contributed by atoms with E-state index in [1.54, 1.807) is 75.4 Å². The number of hydrogen-bond donors (Lipinski definition) is 3. The molecule has 0 aliphatic carbocycles. The molecule has 0 spiro atoms. The summed E-state index contributed by atoms with van der Waals surface area (Å²) in [4.78, 5) is 145. The third kappa shape index (κ3) is 25.9. The fourth-order valence-electron chi connectivity index (χ4n) is 7.19. The highest BCUT2D eigenvalue weighted by Crippen LogP contribution is 2.25. The van der Waals surface area contributed by atoms with Crippen LogP contribution in [0.5, 0.6) is 0 Å². The average molecular weight is 1380 g/mol. The molecule has 0 saturated heterocycles. The molecule has 9 aromatic rings. The Labute approximate surface area is 555 Å². The van der Waals surface area contributed by atoms with E-state index in [1.807, 2.05) is 36.4 Å². The smallest absolute Gasteiger partial charge is 0.347 e. The molecule has 31 nitrogen and oxygen atoms in total. The number of aromatic nitrogens is 14. The molecule has 9 aromatic heterocycles. The zero-order chi connectivity index (χ0) is 69.8. The molecule has 0 bridgehead atoms. The Hall–Kier alpha value is -10.9. The van der Waals surface area contributed by atoms with Crippen molar-refractivity contribution in [3.8, 4) is 0 Å². The summed E-state index contributed by atoms with van der Waals surface area (Å²) in [7, 11) is 0. The van der Waals surface area contributed by atoms with Crippen LogP contribution in [-0.4, -0.2) is 131 Å². The van der Waals surface area contributed by atoms with Gasteiger partial charge in [-0.05, 0) is 91.6 Å². The van der Waals surface area contributed by atoms with E-state index in [-0.39, 0.29) is 97.4 Å². The molecule has 36 heteroatoms. The Bertz CT molecular complexity index is 4340. The predicted octanol–water partition coefficient (Wildman–Crippen LogP) is 3.23. The van der Waals surface area contributed by atoms with Gasteiger partial charge in [0.25, 0.3) is 27.9 Å². The summed E-state index contributed by atoms with van der Waals surface area (Å²) in [5.41, 5.74) is -3.68. The predicted molar refractivity (Wildman–Crippen MR) is 342 cm³/mol. The van der Waals surface area contributed by atoms with Crippen LogP contribution in [-0.2, 0) is 76.8 Å². The number of alkyl halides is 2. The van der Waals surface area contributed by atoms with Crippen LogP contribution in [0, 0.1) is 5.21 Å². The second-order valence-electron chi connectivity index (χ2n) is 18.4. The molecule has 0 radical (unpaired) electrons. The first kappa shape index (κ1) is 75.9. The van der Waals surface area contributed by atoms with Gasteiger partial charge in [-0.1, -0.05) is 18.2 Å². The molecule has 0 atom stereocenters. The Morgan fingerprint density at radius 2 is 0.958 bits per heavy atom. The Morgan fingerprint density at radius 1 is 0.542 bits per heavy atom. The molecular formula is C60H63F2N15O16S3. The maximum atomic E-state index is 14.1. The monoisotopic (exact) mass is 1380 g/mol. The van der Waals surface area contributed by atoms with Crippen molar-refractivity contribution < 1.29 is 56.7 Å². The van der Waals surface area contributed by atoms with Gasteiger partial charge in [0.2, 0.25) is 0 Å². The summed E-state index contributed by atoms with van der Waals surface area (Å²) in [5, 5.41) is 25.6. The van der Waals surface area contributed by atoms with E-state index in [0.717, 1.165) is 33.6 Å². The minimum Gasteiger partial charge on any atom is -0.618 e. The Morgan fingerprint density at radius 3 is 1.39 bits per heavy atom. The van der Waals surface area contributed by atoms with E-state index >= 15 is 0 Å². The lowest BCUT2D eigenvalue weighted by atomic mass is 10.2. The summed E-state index contributed by atoms with van der Waals surface area (Å²) in [6, 6.07) is 20.0. The molecule has 0 aliphatic rings. The molecule has 9 heterocycles. The number of esters is 4. The van der Waals surface area contributed by atoms with Crippen LogP contribution in [0.1, 0.15) is 33.4 Å². The van der Waals surface area contributed by atoms with E-state index in [4.69, 9.17) is 19.3 Å². The summed E-state index contributed by atoms with van der Waals surface area (Å²) in [6.07, 6.45) is 20.3. The van der Waals surface area contributed by atoms with Gasteiger partial charge in [-0.15, -0.1) is 0 Å². The van der Waals surface area contributed by atoms with Crippen molar-refractivity contribution in [2.45, 2.75) is 96.5 Å². The SMILES string of the molecule is CC(=O)OCCn1ccnc(NCC(F)(F)c2cccc[n+]2[O-])c1=O.CC(=O)OCCn1ccnc(Sc2ccccn2)c1=O.CCOC(=O)Cn1cc[nH]c(=O)c1=O.CCOC(=O)Cn1ccnc(Sc2ccccn2)c1=O.O=c1c(Sc2ccccn2)nccn1CCO. The molecule has 3 N–H and O–H groups in total. The number of nitrogens with one attached hydrogen (secondary N) is 2. The summed E-state index contributed by atoms with van der Waals surface area (Å²) >= 11 is 3.58. The zero-order valence-corrected chi connectivity index (χ0v) is 54.1. The lowest BCUT2D eigenvalue weighted by molar-refractivity contribution is -0.624. The average Bonchev–Trinajstić information content (AvgIpc) is 1.000. The highest BCUT2D eigenvalue weighted by Gasteiger charge is 2.39. The van der Waals surface area contributed by atoms with Gasteiger partial charge in [-0.25, -0.2) is 34.9 Å². The van der Waals surface area contributed by atoms with Crippen molar-refractivity contribution in [2.75, 3.05) is 44.9 Å².